The minimum atomic E-state index is -0.374. The van der Waals surface area contributed by atoms with E-state index in [-0.39, 0.29) is 12.0 Å². The van der Waals surface area contributed by atoms with Crippen LogP contribution in [-0.4, -0.2) is 25.2 Å². The predicted molar refractivity (Wildman–Crippen MR) is 109 cm³/mol. The molecule has 0 aromatic heterocycles. The fourth-order valence-electron chi connectivity index (χ4n) is 3.05. The number of hydrogen-bond donors (Lipinski definition) is 2. The Morgan fingerprint density at radius 1 is 0.893 bits per heavy atom. The molecule has 2 N–H and O–H groups in total. The van der Waals surface area contributed by atoms with E-state index < -0.39 is 0 Å². The molecule has 0 aliphatic carbocycles. The largest absolute Gasteiger partial charge is 0.447 e. The zero-order valence-corrected chi connectivity index (χ0v) is 15.1. The number of ether oxygens (including phenoxy) is 1. The van der Waals surface area contributed by atoms with Crippen LogP contribution in [0.25, 0.3) is 0 Å². The van der Waals surface area contributed by atoms with Crippen molar-refractivity contribution in [2.24, 2.45) is 0 Å². The normalized spacial score (nSPS) is 13.1. The molecular formula is C22H19N3O3. The Kier molecular flexibility index (Phi) is 4.93. The highest BCUT2D eigenvalue weighted by Crippen LogP contribution is 2.25. The van der Waals surface area contributed by atoms with Crippen molar-refractivity contribution in [2.45, 2.75) is 0 Å². The minimum absolute atomic E-state index is 0.236. The van der Waals surface area contributed by atoms with Crippen LogP contribution in [0.4, 0.5) is 27.5 Å². The molecule has 1 aliphatic heterocycles. The number of carbonyl (C=O) groups is 2. The Labute approximate surface area is 162 Å². The van der Waals surface area contributed by atoms with Crippen molar-refractivity contribution < 1.29 is 14.3 Å². The first-order valence-electron chi connectivity index (χ1n) is 8.97. The second-order valence-corrected chi connectivity index (χ2v) is 6.31. The van der Waals surface area contributed by atoms with Gasteiger partial charge < -0.3 is 15.4 Å². The van der Waals surface area contributed by atoms with Gasteiger partial charge in [-0.05, 0) is 42.5 Å². The van der Waals surface area contributed by atoms with Gasteiger partial charge in [0.2, 0.25) is 0 Å². The van der Waals surface area contributed by atoms with Crippen LogP contribution in [0.5, 0.6) is 0 Å². The van der Waals surface area contributed by atoms with Crippen molar-refractivity contribution in [1.82, 2.24) is 0 Å². The Balaban J connectivity index is 1.54. The second-order valence-electron chi connectivity index (χ2n) is 6.31. The summed E-state index contributed by atoms with van der Waals surface area (Å²) in [5.41, 5.74) is 3.44. The molecule has 0 bridgehead atoms. The fourth-order valence-corrected chi connectivity index (χ4v) is 3.05. The molecule has 0 saturated carbocycles. The van der Waals surface area contributed by atoms with Gasteiger partial charge in [0.1, 0.15) is 6.61 Å². The van der Waals surface area contributed by atoms with E-state index in [0.29, 0.717) is 35.8 Å². The van der Waals surface area contributed by atoms with Crippen molar-refractivity contribution in [2.75, 3.05) is 28.7 Å². The maximum absolute atomic E-state index is 12.9. The van der Waals surface area contributed by atoms with E-state index in [1.807, 2.05) is 54.6 Å². The highest BCUT2D eigenvalue weighted by Gasteiger charge is 2.23. The van der Waals surface area contributed by atoms with Crippen molar-refractivity contribution in [3.05, 3.63) is 84.4 Å². The van der Waals surface area contributed by atoms with Gasteiger partial charge in [0, 0.05) is 17.1 Å². The van der Waals surface area contributed by atoms with Gasteiger partial charge in [0.05, 0.1) is 17.8 Å². The van der Waals surface area contributed by atoms with E-state index in [9.17, 15) is 9.59 Å². The zero-order chi connectivity index (χ0) is 19.3. The first-order chi connectivity index (χ1) is 13.7. The highest BCUT2D eigenvalue weighted by atomic mass is 16.6. The quantitative estimate of drug-likeness (QED) is 0.684. The number of hydrogen-bond acceptors (Lipinski definition) is 4. The van der Waals surface area contributed by atoms with Crippen molar-refractivity contribution >= 4 is 34.7 Å². The number of benzene rings is 3. The van der Waals surface area contributed by atoms with Crippen LogP contribution in [0.2, 0.25) is 0 Å². The minimum Gasteiger partial charge on any atom is -0.447 e. The summed E-state index contributed by atoms with van der Waals surface area (Å²) in [6.07, 6.45) is -0.374. The zero-order valence-electron chi connectivity index (χ0n) is 15.1. The predicted octanol–water partition coefficient (Wildman–Crippen LogP) is 4.64. The summed E-state index contributed by atoms with van der Waals surface area (Å²) in [5, 5.41) is 6.18. The van der Waals surface area contributed by atoms with Gasteiger partial charge in [-0.15, -0.1) is 0 Å². The molecular weight excluding hydrogens is 354 g/mol. The summed E-state index contributed by atoms with van der Waals surface area (Å²) in [4.78, 5) is 26.2. The van der Waals surface area contributed by atoms with E-state index in [2.05, 4.69) is 10.6 Å². The standard InChI is InChI=1S/C22H19N3O3/c26-21(19-11-4-5-12-20(19)23-16-7-2-1-3-8-16)24-17-9-6-10-18(15-17)25-13-14-28-22(25)27/h1-12,15,23H,13-14H2,(H,24,26). The van der Waals surface area contributed by atoms with Gasteiger partial charge in [0.25, 0.3) is 5.91 Å². The molecule has 0 atom stereocenters. The number of carbonyl (C=O) groups excluding carboxylic acids is 2. The van der Waals surface area contributed by atoms with E-state index in [0.717, 1.165) is 5.69 Å². The van der Waals surface area contributed by atoms with E-state index in [1.165, 1.54) is 0 Å². The first-order valence-corrected chi connectivity index (χ1v) is 8.97. The number of cyclic esters (lactones) is 1. The third-order valence-corrected chi connectivity index (χ3v) is 4.40. The second kappa shape index (κ2) is 7.84. The summed E-state index contributed by atoms with van der Waals surface area (Å²) in [6.45, 7) is 0.869. The highest BCUT2D eigenvalue weighted by molar-refractivity contribution is 6.08. The number of para-hydroxylation sites is 2. The van der Waals surface area contributed by atoms with Gasteiger partial charge in [0.15, 0.2) is 0 Å². The van der Waals surface area contributed by atoms with Crippen LogP contribution >= 0.6 is 0 Å². The maximum Gasteiger partial charge on any atom is 0.414 e. The van der Waals surface area contributed by atoms with Gasteiger partial charge in [-0.2, -0.15) is 0 Å². The number of anilines is 4. The lowest BCUT2D eigenvalue weighted by atomic mass is 10.1. The molecule has 2 amide bonds. The van der Waals surface area contributed by atoms with Gasteiger partial charge in [-0.3, -0.25) is 9.69 Å². The lowest BCUT2D eigenvalue weighted by Gasteiger charge is -2.15. The summed E-state index contributed by atoms with van der Waals surface area (Å²) in [7, 11) is 0. The molecule has 0 unspecified atom stereocenters. The SMILES string of the molecule is O=C(Nc1cccc(N2CCOC2=O)c1)c1ccccc1Nc1ccccc1. The maximum atomic E-state index is 12.9. The van der Waals surface area contributed by atoms with Crippen LogP contribution in [0.1, 0.15) is 10.4 Å². The topological polar surface area (TPSA) is 70.7 Å². The van der Waals surface area contributed by atoms with E-state index in [4.69, 9.17) is 4.74 Å². The summed E-state index contributed by atoms with van der Waals surface area (Å²) < 4.78 is 4.97. The van der Waals surface area contributed by atoms with E-state index >= 15 is 0 Å². The molecule has 3 aromatic carbocycles. The van der Waals surface area contributed by atoms with Gasteiger partial charge in [-0.1, -0.05) is 36.4 Å². The molecule has 1 fully saturated rings. The van der Waals surface area contributed by atoms with Crippen LogP contribution < -0.4 is 15.5 Å². The first kappa shape index (κ1) is 17.6. The molecule has 0 radical (unpaired) electrons. The third-order valence-electron chi connectivity index (χ3n) is 4.40. The fraction of sp³-hybridized carbons (Fsp3) is 0.0909. The van der Waals surface area contributed by atoms with Gasteiger partial charge >= 0.3 is 6.09 Å². The number of nitrogens with one attached hydrogen (secondary N) is 2. The van der Waals surface area contributed by atoms with Gasteiger partial charge in [-0.25, -0.2) is 4.79 Å². The van der Waals surface area contributed by atoms with Crippen molar-refractivity contribution in [3.8, 4) is 0 Å². The molecule has 0 spiro atoms. The Morgan fingerprint density at radius 2 is 1.64 bits per heavy atom. The van der Waals surface area contributed by atoms with Crippen molar-refractivity contribution in [1.29, 1.82) is 0 Å². The number of nitrogens with zero attached hydrogens (tertiary/aromatic N) is 1. The molecule has 1 aliphatic rings. The Bertz CT molecular complexity index is 1000. The van der Waals surface area contributed by atoms with Crippen LogP contribution in [-0.2, 0) is 4.74 Å². The molecule has 1 saturated heterocycles. The van der Waals surface area contributed by atoms with Crippen LogP contribution in [0, 0.1) is 0 Å². The molecule has 28 heavy (non-hydrogen) atoms. The number of rotatable bonds is 5. The molecule has 140 valence electrons. The Morgan fingerprint density at radius 3 is 2.43 bits per heavy atom. The smallest absolute Gasteiger partial charge is 0.414 e. The molecule has 6 heteroatoms. The lowest BCUT2D eigenvalue weighted by Crippen LogP contribution is -2.23. The summed E-state index contributed by atoms with van der Waals surface area (Å²) in [5.74, 6) is -0.236. The Hall–Kier alpha value is -3.80. The molecule has 3 aromatic rings. The summed E-state index contributed by atoms with van der Waals surface area (Å²) in [6, 6.07) is 24.2. The van der Waals surface area contributed by atoms with E-state index in [1.54, 1.807) is 29.2 Å². The average Bonchev–Trinajstić information content (AvgIpc) is 3.15. The molecule has 1 heterocycles. The molecule has 4 rings (SSSR count). The lowest BCUT2D eigenvalue weighted by molar-refractivity contribution is 0.102. The average molecular weight is 373 g/mol. The van der Waals surface area contributed by atoms with Crippen molar-refractivity contribution in [3.63, 3.8) is 0 Å². The van der Waals surface area contributed by atoms with Crippen LogP contribution in [0.3, 0.4) is 0 Å². The van der Waals surface area contributed by atoms with Crippen LogP contribution in [0.15, 0.2) is 78.9 Å². The summed E-state index contributed by atoms with van der Waals surface area (Å²) >= 11 is 0. The number of amides is 2. The molecule has 6 nitrogen and oxygen atoms in total. The third kappa shape index (κ3) is 3.81. The monoisotopic (exact) mass is 373 g/mol.